The summed E-state index contributed by atoms with van der Waals surface area (Å²) in [7, 11) is 0. The highest BCUT2D eigenvalue weighted by atomic mass is 16.2. The summed E-state index contributed by atoms with van der Waals surface area (Å²) in [5.74, 6) is -0.0244. The third-order valence-corrected chi connectivity index (χ3v) is 4.69. The molecule has 1 saturated heterocycles. The Balaban J connectivity index is 1.74. The Morgan fingerprint density at radius 2 is 1.81 bits per heavy atom. The van der Waals surface area contributed by atoms with Gasteiger partial charge < -0.3 is 15.5 Å². The molecule has 136 valence electrons. The van der Waals surface area contributed by atoms with Gasteiger partial charge in [-0.3, -0.25) is 9.78 Å². The van der Waals surface area contributed by atoms with Crippen LogP contribution >= 0.6 is 0 Å². The molecule has 3 rings (SSSR count). The highest BCUT2D eigenvalue weighted by Crippen LogP contribution is 2.24. The molecule has 0 radical (unpaired) electrons. The number of hydrogen-bond acceptors (Lipinski definition) is 3. The average molecular weight is 352 g/mol. The first-order chi connectivity index (χ1) is 12.6. The van der Waals surface area contributed by atoms with Gasteiger partial charge in [-0.2, -0.15) is 0 Å². The van der Waals surface area contributed by atoms with Crippen molar-refractivity contribution in [2.75, 3.05) is 18.4 Å². The van der Waals surface area contributed by atoms with Gasteiger partial charge in [0.15, 0.2) is 0 Å². The number of aryl methyl sites for hydroxylation is 1. The fourth-order valence-electron chi connectivity index (χ4n) is 3.18. The summed E-state index contributed by atoms with van der Waals surface area (Å²) in [5.41, 5.74) is 2.94. The van der Waals surface area contributed by atoms with Crippen LogP contribution in [-0.2, 0) is 0 Å². The molecule has 2 heterocycles. The van der Waals surface area contributed by atoms with Gasteiger partial charge in [0.05, 0.1) is 17.3 Å². The second-order valence-electron chi connectivity index (χ2n) is 6.60. The highest BCUT2D eigenvalue weighted by molar-refractivity contribution is 6.04. The molecule has 3 amide bonds. The quantitative estimate of drug-likeness (QED) is 0.884. The molecule has 6 heteroatoms. The SMILES string of the molecule is Cc1cccc(C(=O)N2CCCC2)c1NC(=O)NC(C)c1ccncc1. The zero-order valence-corrected chi connectivity index (χ0v) is 15.2. The van der Waals surface area contributed by atoms with Crippen LogP contribution in [0.4, 0.5) is 10.5 Å². The molecular formula is C20H24N4O2. The Bertz CT molecular complexity index is 786. The topological polar surface area (TPSA) is 74.3 Å². The van der Waals surface area contributed by atoms with E-state index in [0.29, 0.717) is 11.3 Å². The van der Waals surface area contributed by atoms with Gasteiger partial charge in [-0.1, -0.05) is 12.1 Å². The molecule has 1 aliphatic rings. The second kappa shape index (κ2) is 7.99. The number of likely N-dealkylation sites (tertiary alicyclic amines) is 1. The van der Waals surface area contributed by atoms with Crippen LogP contribution in [-0.4, -0.2) is 34.9 Å². The predicted octanol–water partition coefficient (Wildman–Crippen LogP) is 3.51. The summed E-state index contributed by atoms with van der Waals surface area (Å²) in [6.07, 6.45) is 5.45. The number of nitrogens with zero attached hydrogens (tertiary/aromatic N) is 2. The lowest BCUT2D eigenvalue weighted by Crippen LogP contribution is -2.33. The van der Waals surface area contributed by atoms with Gasteiger partial charge >= 0.3 is 6.03 Å². The van der Waals surface area contributed by atoms with Gasteiger partial charge in [0.25, 0.3) is 5.91 Å². The first-order valence-electron chi connectivity index (χ1n) is 8.92. The van der Waals surface area contributed by atoms with Crippen molar-refractivity contribution in [3.63, 3.8) is 0 Å². The van der Waals surface area contributed by atoms with Gasteiger partial charge in [-0.05, 0) is 56.0 Å². The summed E-state index contributed by atoms with van der Waals surface area (Å²) < 4.78 is 0. The number of amides is 3. The molecule has 0 saturated carbocycles. The van der Waals surface area contributed by atoms with Crippen molar-refractivity contribution in [2.45, 2.75) is 32.7 Å². The molecule has 26 heavy (non-hydrogen) atoms. The monoisotopic (exact) mass is 352 g/mol. The van der Waals surface area contributed by atoms with E-state index >= 15 is 0 Å². The number of benzene rings is 1. The normalized spacial score (nSPS) is 14.8. The smallest absolute Gasteiger partial charge is 0.319 e. The maximum Gasteiger partial charge on any atom is 0.319 e. The van der Waals surface area contributed by atoms with E-state index in [0.717, 1.165) is 37.1 Å². The van der Waals surface area contributed by atoms with Crippen molar-refractivity contribution in [3.05, 3.63) is 59.4 Å². The van der Waals surface area contributed by atoms with Crippen molar-refractivity contribution in [3.8, 4) is 0 Å². The molecule has 1 aromatic carbocycles. The zero-order valence-electron chi connectivity index (χ0n) is 15.2. The Kier molecular flexibility index (Phi) is 5.51. The minimum atomic E-state index is -0.334. The Morgan fingerprint density at radius 3 is 2.50 bits per heavy atom. The number of carbonyl (C=O) groups is 2. The lowest BCUT2D eigenvalue weighted by molar-refractivity contribution is 0.0794. The van der Waals surface area contributed by atoms with Crippen molar-refractivity contribution in [1.82, 2.24) is 15.2 Å². The largest absolute Gasteiger partial charge is 0.339 e. The lowest BCUT2D eigenvalue weighted by Gasteiger charge is -2.20. The number of carbonyl (C=O) groups excluding carboxylic acids is 2. The molecule has 2 N–H and O–H groups in total. The van der Waals surface area contributed by atoms with Gasteiger partial charge in [0.2, 0.25) is 0 Å². The Labute approximate surface area is 153 Å². The van der Waals surface area contributed by atoms with Crippen molar-refractivity contribution < 1.29 is 9.59 Å². The van der Waals surface area contributed by atoms with Crippen molar-refractivity contribution >= 4 is 17.6 Å². The van der Waals surface area contributed by atoms with Crippen LogP contribution in [0.1, 0.15) is 47.3 Å². The van der Waals surface area contributed by atoms with Crippen LogP contribution in [0.25, 0.3) is 0 Å². The lowest BCUT2D eigenvalue weighted by atomic mass is 10.1. The van der Waals surface area contributed by atoms with Crippen LogP contribution < -0.4 is 10.6 Å². The minimum absolute atomic E-state index is 0.0244. The fraction of sp³-hybridized carbons (Fsp3) is 0.350. The second-order valence-corrected chi connectivity index (χ2v) is 6.60. The van der Waals surface area contributed by atoms with E-state index in [1.165, 1.54) is 0 Å². The number of para-hydroxylation sites is 1. The first kappa shape index (κ1) is 17.9. The van der Waals surface area contributed by atoms with Crippen molar-refractivity contribution in [2.24, 2.45) is 0 Å². The highest BCUT2D eigenvalue weighted by Gasteiger charge is 2.23. The molecule has 1 aliphatic heterocycles. The molecule has 0 aliphatic carbocycles. The summed E-state index contributed by atoms with van der Waals surface area (Å²) in [4.78, 5) is 31.1. The van der Waals surface area contributed by atoms with Crippen LogP contribution in [0.15, 0.2) is 42.7 Å². The Morgan fingerprint density at radius 1 is 1.12 bits per heavy atom. The minimum Gasteiger partial charge on any atom is -0.339 e. The maximum atomic E-state index is 12.8. The molecule has 1 fully saturated rings. The van der Waals surface area contributed by atoms with Crippen LogP contribution in [0, 0.1) is 6.92 Å². The first-order valence-corrected chi connectivity index (χ1v) is 8.92. The maximum absolute atomic E-state index is 12.8. The van der Waals surface area contributed by atoms with E-state index in [1.54, 1.807) is 18.5 Å². The van der Waals surface area contributed by atoms with Gasteiger partial charge in [0, 0.05) is 25.5 Å². The summed E-state index contributed by atoms with van der Waals surface area (Å²) >= 11 is 0. The standard InChI is InChI=1S/C20H24N4O2/c1-14-6-5-7-17(19(25)24-12-3-4-13-24)18(14)23-20(26)22-15(2)16-8-10-21-11-9-16/h5-11,15H,3-4,12-13H2,1-2H3,(H2,22,23,26). The average Bonchev–Trinajstić information content (AvgIpc) is 3.18. The van der Waals surface area contributed by atoms with Crippen molar-refractivity contribution in [1.29, 1.82) is 0 Å². The van der Waals surface area contributed by atoms with E-state index in [-0.39, 0.29) is 18.0 Å². The molecule has 6 nitrogen and oxygen atoms in total. The molecule has 0 bridgehead atoms. The van der Waals surface area contributed by atoms with E-state index in [9.17, 15) is 9.59 Å². The number of rotatable bonds is 4. The molecule has 1 atom stereocenters. The van der Waals surface area contributed by atoms with E-state index in [1.807, 2.05) is 43.0 Å². The van der Waals surface area contributed by atoms with E-state index in [2.05, 4.69) is 15.6 Å². The van der Waals surface area contributed by atoms with E-state index < -0.39 is 0 Å². The molecular weight excluding hydrogens is 328 g/mol. The molecule has 0 spiro atoms. The third kappa shape index (κ3) is 4.02. The zero-order chi connectivity index (χ0) is 18.5. The molecule has 1 aromatic heterocycles. The summed E-state index contributed by atoms with van der Waals surface area (Å²) in [6, 6.07) is 8.74. The van der Waals surface area contributed by atoms with Gasteiger partial charge in [-0.15, -0.1) is 0 Å². The van der Waals surface area contributed by atoms with Gasteiger partial charge in [0.1, 0.15) is 0 Å². The number of nitrogens with one attached hydrogen (secondary N) is 2. The Hall–Kier alpha value is -2.89. The number of aromatic nitrogens is 1. The van der Waals surface area contributed by atoms with Crippen LogP contribution in [0.3, 0.4) is 0 Å². The number of pyridine rings is 1. The van der Waals surface area contributed by atoms with E-state index in [4.69, 9.17) is 0 Å². The number of urea groups is 1. The van der Waals surface area contributed by atoms with Crippen LogP contribution in [0.5, 0.6) is 0 Å². The fourth-order valence-corrected chi connectivity index (χ4v) is 3.18. The van der Waals surface area contributed by atoms with Crippen LogP contribution in [0.2, 0.25) is 0 Å². The summed E-state index contributed by atoms with van der Waals surface area (Å²) in [5, 5.41) is 5.78. The van der Waals surface area contributed by atoms with Gasteiger partial charge in [-0.25, -0.2) is 4.79 Å². The molecule has 2 aromatic rings. The third-order valence-electron chi connectivity index (χ3n) is 4.69. The number of anilines is 1. The molecule has 1 unspecified atom stereocenters. The summed E-state index contributed by atoms with van der Waals surface area (Å²) in [6.45, 7) is 5.35. The predicted molar refractivity (Wildman–Crippen MR) is 101 cm³/mol. The number of hydrogen-bond donors (Lipinski definition) is 2.